The van der Waals surface area contributed by atoms with Crippen LogP contribution in [0.1, 0.15) is 19.3 Å². The Hall–Kier alpha value is -0.800. The summed E-state index contributed by atoms with van der Waals surface area (Å²) < 4.78 is 13.4. The summed E-state index contributed by atoms with van der Waals surface area (Å²) in [6.45, 7) is 1.73. The van der Waals surface area contributed by atoms with E-state index in [1.54, 1.807) is 17.2 Å². The van der Waals surface area contributed by atoms with E-state index in [-0.39, 0.29) is 5.75 Å². The highest BCUT2D eigenvalue weighted by Crippen LogP contribution is 2.22. The third-order valence-electron chi connectivity index (χ3n) is 2.44. The second-order valence-corrected chi connectivity index (χ2v) is 4.09. The Balaban J connectivity index is 2.03. The molecule has 0 N–H and O–H groups in total. The highest BCUT2D eigenvalue weighted by molar-refractivity contribution is 6.30. The number of piperidine rings is 1. The van der Waals surface area contributed by atoms with Crippen LogP contribution in [0.2, 0.25) is 5.02 Å². The van der Waals surface area contributed by atoms with Crippen LogP contribution >= 0.6 is 11.6 Å². The lowest BCUT2D eigenvalue weighted by Crippen LogP contribution is -2.33. The normalized spacial score (nSPS) is 17.7. The number of benzene rings is 1. The minimum absolute atomic E-state index is 0.251. The number of hydrogen-bond donors (Lipinski definition) is 0. The van der Waals surface area contributed by atoms with Crippen LogP contribution in [0.5, 0.6) is 5.75 Å². The molecule has 0 saturated carbocycles. The van der Waals surface area contributed by atoms with E-state index in [2.05, 4.69) is 0 Å². The van der Waals surface area contributed by atoms with Crippen LogP contribution in [0, 0.1) is 5.82 Å². The Morgan fingerprint density at radius 1 is 1.20 bits per heavy atom. The second kappa shape index (κ2) is 4.81. The second-order valence-electron chi connectivity index (χ2n) is 3.66. The van der Waals surface area contributed by atoms with Gasteiger partial charge in [0.25, 0.3) is 0 Å². The molecule has 0 amide bonds. The lowest BCUT2D eigenvalue weighted by Gasteiger charge is -2.26. The SMILES string of the molecule is Fc1cc(Cl)ccc1ON1CCCCC1. The molecule has 0 radical (unpaired) electrons. The molecule has 0 aliphatic carbocycles. The quantitative estimate of drug-likeness (QED) is 0.772. The average molecular weight is 230 g/mol. The number of nitrogens with zero attached hydrogens (tertiary/aromatic N) is 1. The lowest BCUT2D eigenvalue weighted by molar-refractivity contribution is -0.0748. The molecule has 1 fully saturated rings. The van der Waals surface area contributed by atoms with Gasteiger partial charge in [0.2, 0.25) is 0 Å². The number of halogens is 2. The van der Waals surface area contributed by atoms with Gasteiger partial charge in [0.1, 0.15) is 0 Å². The molecule has 0 aromatic heterocycles. The van der Waals surface area contributed by atoms with Gasteiger partial charge in [-0.3, -0.25) is 0 Å². The van der Waals surface area contributed by atoms with Crippen molar-refractivity contribution in [2.45, 2.75) is 19.3 Å². The molecule has 2 nitrogen and oxygen atoms in total. The molecule has 1 aliphatic rings. The molecule has 0 unspecified atom stereocenters. The summed E-state index contributed by atoms with van der Waals surface area (Å²) in [5.74, 6) is -0.158. The van der Waals surface area contributed by atoms with Gasteiger partial charge >= 0.3 is 0 Å². The van der Waals surface area contributed by atoms with Gasteiger partial charge in [0.05, 0.1) is 0 Å². The summed E-state index contributed by atoms with van der Waals surface area (Å²) in [7, 11) is 0. The number of rotatable bonds is 2. The molecule has 4 heteroatoms. The van der Waals surface area contributed by atoms with Crippen LogP contribution in [0.4, 0.5) is 4.39 Å². The van der Waals surface area contributed by atoms with Crippen LogP contribution in [-0.2, 0) is 0 Å². The predicted octanol–water partition coefficient (Wildman–Crippen LogP) is 3.26. The fraction of sp³-hybridized carbons (Fsp3) is 0.455. The third-order valence-corrected chi connectivity index (χ3v) is 2.67. The van der Waals surface area contributed by atoms with Crippen molar-refractivity contribution in [2.24, 2.45) is 0 Å². The zero-order valence-corrected chi connectivity index (χ0v) is 9.13. The van der Waals surface area contributed by atoms with Crippen molar-refractivity contribution in [3.05, 3.63) is 29.0 Å². The van der Waals surface area contributed by atoms with Crippen molar-refractivity contribution >= 4 is 11.6 Å². The summed E-state index contributed by atoms with van der Waals surface area (Å²) in [6.07, 6.45) is 3.44. The van der Waals surface area contributed by atoms with Gasteiger partial charge in [0.15, 0.2) is 11.6 Å². The Morgan fingerprint density at radius 3 is 2.60 bits per heavy atom. The van der Waals surface area contributed by atoms with Crippen LogP contribution in [0.25, 0.3) is 0 Å². The molecule has 0 spiro atoms. The van der Waals surface area contributed by atoms with Gasteiger partial charge in [-0.05, 0) is 31.0 Å². The van der Waals surface area contributed by atoms with E-state index in [0.717, 1.165) is 25.9 Å². The Morgan fingerprint density at radius 2 is 1.93 bits per heavy atom. The first-order valence-electron chi connectivity index (χ1n) is 5.14. The standard InChI is InChI=1S/C11H13ClFNO/c12-9-4-5-11(10(13)8-9)15-14-6-2-1-3-7-14/h4-5,8H,1-3,6-7H2. The van der Waals surface area contributed by atoms with E-state index in [4.69, 9.17) is 16.4 Å². The Labute approximate surface area is 93.5 Å². The molecule has 0 atom stereocenters. The fourth-order valence-electron chi connectivity index (χ4n) is 1.64. The van der Waals surface area contributed by atoms with Crippen LogP contribution < -0.4 is 4.84 Å². The molecule has 2 rings (SSSR count). The highest BCUT2D eigenvalue weighted by atomic mass is 35.5. The van der Waals surface area contributed by atoms with Gasteiger partial charge in [-0.1, -0.05) is 18.0 Å². The molecular formula is C11H13ClFNO. The largest absolute Gasteiger partial charge is 0.403 e. The number of hydroxylamine groups is 2. The third kappa shape index (κ3) is 2.83. The monoisotopic (exact) mass is 229 g/mol. The maximum atomic E-state index is 13.4. The first-order valence-corrected chi connectivity index (χ1v) is 5.51. The Bertz CT molecular complexity index is 339. The minimum Gasteiger partial charge on any atom is -0.403 e. The molecular weight excluding hydrogens is 217 g/mol. The van der Waals surface area contributed by atoms with Gasteiger partial charge in [0, 0.05) is 18.1 Å². The van der Waals surface area contributed by atoms with Gasteiger partial charge in [-0.25, -0.2) is 4.39 Å². The first kappa shape index (κ1) is 10.7. The van der Waals surface area contributed by atoms with Gasteiger partial charge in [-0.15, -0.1) is 5.06 Å². The van der Waals surface area contributed by atoms with Gasteiger partial charge in [-0.2, -0.15) is 0 Å². The average Bonchev–Trinajstić information content (AvgIpc) is 2.24. The van der Waals surface area contributed by atoms with Crippen molar-refractivity contribution in [3.63, 3.8) is 0 Å². The van der Waals surface area contributed by atoms with Crippen molar-refractivity contribution in [1.82, 2.24) is 5.06 Å². The van der Waals surface area contributed by atoms with Gasteiger partial charge < -0.3 is 4.84 Å². The van der Waals surface area contributed by atoms with E-state index < -0.39 is 5.82 Å². The lowest BCUT2D eigenvalue weighted by atomic mass is 10.2. The van der Waals surface area contributed by atoms with E-state index in [9.17, 15) is 4.39 Å². The Kier molecular flexibility index (Phi) is 3.44. The molecule has 1 aromatic carbocycles. The van der Waals surface area contributed by atoms with Crippen LogP contribution in [-0.4, -0.2) is 18.2 Å². The molecule has 15 heavy (non-hydrogen) atoms. The molecule has 1 saturated heterocycles. The zero-order chi connectivity index (χ0) is 10.7. The predicted molar refractivity (Wildman–Crippen MR) is 57.5 cm³/mol. The summed E-state index contributed by atoms with van der Waals surface area (Å²) in [5.41, 5.74) is 0. The molecule has 82 valence electrons. The van der Waals surface area contributed by atoms with Crippen molar-refractivity contribution in [1.29, 1.82) is 0 Å². The van der Waals surface area contributed by atoms with Crippen LogP contribution in [0.15, 0.2) is 18.2 Å². The first-order chi connectivity index (χ1) is 7.25. The molecule has 1 aromatic rings. The van der Waals surface area contributed by atoms with E-state index in [1.807, 2.05) is 0 Å². The van der Waals surface area contributed by atoms with Crippen LogP contribution in [0.3, 0.4) is 0 Å². The smallest absolute Gasteiger partial charge is 0.183 e. The maximum Gasteiger partial charge on any atom is 0.183 e. The van der Waals surface area contributed by atoms with Crippen molar-refractivity contribution in [3.8, 4) is 5.75 Å². The summed E-state index contributed by atoms with van der Waals surface area (Å²) in [5, 5.41) is 2.19. The molecule has 0 bridgehead atoms. The number of hydrogen-bond acceptors (Lipinski definition) is 2. The zero-order valence-electron chi connectivity index (χ0n) is 8.38. The topological polar surface area (TPSA) is 12.5 Å². The fourth-order valence-corrected chi connectivity index (χ4v) is 1.80. The minimum atomic E-state index is -0.409. The van der Waals surface area contributed by atoms with E-state index in [1.165, 1.54) is 12.5 Å². The maximum absolute atomic E-state index is 13.4. The molecule has 1 heterocycles. The summed E-state index contributed by atoms with van der Waals surface area (Å²) >= 11 is 5.65. The summed E-state index contributed by atoms with van der Waals surface area (Å²) in [6, 6.07) is 4.46. The van der Waals surface area contributed by atoms with Crippen molar-refractivity contribution in [2.75, 3.05) is 13.1 Å². The highest BCUT2D eigenvalue weighted by Gasteiger charge is 2.13. The van der Waals surface area contributed by atoms with E-state index in [0.29, 0.717) is 5.02 Å². The van der Waals surface area contributed by atoms with Crippen molar-refractivity contribution < 1.29 is 9.23 Å². The molecule has 1 aliphatic heterocycles. The summed E-state index contributed by atoms with van der Waals surface area (Å²) in [4.78, 5) is 5.44. The van der Waals surface area contributed by atoms with E-state index >= 15 is 0 Å².